The minimum atomic E-state index is 0.196. The quantitative estimate of drug-likeness (QED) is 0.417. The minimum absolute atomic E-state index is 0.196. The first-order valence-corrected chi connectivity index (χ1v) is 10.0. The molecule has 1 aromatic rings. The van der Waals surface area contributed by atoms with Crippen LogP contribution in [-0.4, -0.2) is 50.6 Å². The van der Waals surface area contributed by atoms with E-state index in [1.54, 1.807) is 7.11 Å². The van der Waals surface area contributed by atoms with Gasteiger partial charge in [-0.25, -0.2) is 0 Å². The average molecular weight is 375 g/mol. The van der Waals surface area contributed by atoms with Crippen LogP contribution in [0.2, 0.25) is 0 Å². The largest absolute Gasteiger partial charge is 0.497 e. The lowest BCUT2D eigenvalue weighted by Gasteiger charge is -2.23. The molecule has 0 unspecified atom stereocenters. The van der Waals surface area contributed by atoms with Gasteiger partial charge in [-0.15, -0.1) is 0 Å². The molecular formula is C21H34N4O2. The van der Waals surface area contributed by atoms with Gasteiger partial charge in [0.15, 0.2) is 5.96 Å². The normalized spacial score (nSPS) is 15.3. The number of carbonyl (C=O) groups excluding carboxylic acids is 1. The van der Waals surface area contributed by atoms with Crippen molar-refractivity contribution in [2.45, 2.75) is 45.6 Å². The summed E-state index contributed by atoms with van der Waals surface area (Å²) in [6, 6.07) is 8.05. The molecule has 0 aliphatic heterocycles. The fraction of sp³-hybridized carbons (Fsp3) is 0.619. The van der Waals surface area contributed by atoms with Crippen molar-refractivity contribution < 1.29 is 9.53 Å². The van der Waals surface area contributed by atoms with Gasteiger partial charge in [-0.1, -0.05) is 31.4 Å². The maximum atomic E-state index is 12.2. The Morgan fingerprint density at radius 2 is 1.89 bits per heavy atom. The number of hydrogen-bond donors (Lipinski definition) is 2. The van der Waals surface area contributed by atoms with E-state index < -0.39 is 0 Å². The lowest BCUT2D eigenvalue weighted by atomic mass is 9.89. The fourth-order valence-corrected chi connectivity index (χ4v) is 3.40. The van der Waals surface area contributed by atoms with E-state index in [1.165, 1.54) is 24.8 Å². The number of rotatable bonds is 8. The molecule has 0 radical (unpaired) electrons. The topological polar surface area (TPSA) is 66.0 Å². The van der Waals surface area contributed by atoms with E-state index in [2.05, 4.69) is 39.6 Å². The van der Waals surface area contributed by atoms with Crippen LogP contribution in [0.1, 0.15) is 44.6 Å². The van der Waals surface area contributed by atoms with Crippen molar-refractivity contribution in [3.8, 4) is 5.75 Å². The van der Waals surface area contributed by atoms with Crippen molar-refractivity contribution in [1.29, 1.82) is 0 Å². The molecule has 0 heterocycles. The minimum Gasteiger partial charge on any atom is -0.497 e. The molecule has 0 atom stereocenters. The predicted molar refractivity (Wildman–Crippen MR) is 110 cm³/mol. The van der Waals surface area contributed by atoms with Gasteiger partial charge in [0.2, 0.25) is 5.91 Å². The molecule has 1 aromatic carbocycles. The third-order valence-corrected chi connectivity index (χ3v) is 4.92. The first-order chi connectivity index (χ1) is 13.1. The van der Waals surface area contributed by atoms with E-state index in [0.717, 1.165) is 37.6 Å². The van der Waals surface area contributed by atoms with Crippen LogP contribution >= 0.6 is 0 Å². The van der Waals surface area contributed by atoms with E-state index in [9.17, 15) is 4.79 Å². The molecule has 2 rings (SSSR count). The second kappa shape index (κ2) is 11.5. The van der Waals surface area contributed by atoms with E-state index >= 15 is 0 Å². The molecular weight excluding hydrogens is 340 g/mol. The molecule has 150 valence electrons. The molecule has 2 N–H and O–H groups in total. The molecule has 6 nitrogen and oxygen atoms in total. The number of carbonyl (C=O) groups is 1. The summed E-state index contributed by atoms with van der Waals surface area (Å²) in [5, 5.41) is 6.36. The number of hydrogen-bond acceptors (Lipinski definition) is 3. The number of benzene rings is 1. The maximum absolute atomic E-state index is 12.2. The third kappa shape index (κ3) is 7.12. The van der Waals surface area contributed by atoms with Gasteiger partial charge in [-0.05, 0) is 37.5 Å². The Morgan fingerprint density at radius 3 is 2.52 bits per heavy atom. The van der Waals surface area contributed by atoms with Gasteiger partial charge in [0, 0.05) is 32.6 Å². The molecule has 0 saturated heterocycles. The Balaban J connectivity index is 1.81. The summed E-state index contributed by atoms with van der Waals surface area (Å²) in [5.41, 5.74) is 1.19. The average Bonchev–Trinajstić information content (AvgIpc) is 2.71. The molecule has 1 amide bonds. The molecule has 1 fully saturated rings. The lowest BCUT2D eigenvalue weighted by molar-refractivity contribution is -0.125. The van der Waals surface area contributed by atoms with Crippen LogP contribution in [0.5, 0.6) is 5.75 Å². The van der Waals surface area contributed by atoms with Crippen LogP contribution in [0.3, 0.4) is 0 Å². The number of ether oxygens (including phenoxy) is 1. The van der Waals surface area contributed by atoms with Crippen LogP contribution in [0, 0.1) is 5.92 Å². The summed E-state index contributed by atoms with van der Waals surface area (Å²) in [4.78, 5) is 18.9. The van der Waals surface area contributed by atoms with E-state index in [0.29, 0.717) is 13.1 Å². The lowest BCUT2D eigenvalue weighted by Crippen LogP contribution is -2.39. The Hall–Kier alpha value is -2.24. The Bertz CT molecular complexity index is 595. The second-order valence-electron chi connectivity index (χ2n) is 7.07. The molecule has 0 bridgehead atoms. The number of aliphatic imine (C=N–C) groups is 1. The zero-order valence-corrected chi connectivity index (χ0v) is 17.0. The van der Waals surface area contributed by atoms with Crippen LogP contribution < -0.4 is 15.4 Å². The Kier molecular flexibility index (Phi) is 8.95. The fourth-order valence-electron chi connectivity index (χ4n) is 3.40. The Labute approximate surface area is 163 Å². The highest BCUT2D eigenvalue weighted by Gasteiger charge is 2.20. The van der Waals surface area contributed by atoms with Crippen molar-refractivity contribution in [3.63, 3.8) is 0 Å². The maximum Gasteiger partial charge on any atom is 0.223 e. The van der Waals surface area contributed by atoms with Crippen LogP contribution in [0.25, 0.3) is 0 Å². The van der Waals surface area contributed by atoms with Gasteiger partial charge in [0.1, 0.15) is 5.75 Å². The van der Waals surface area contributed by atoms with Crippen LogP contribution in [0.4, 0.5) is 0 Å². The summed E-state index contributed by atoms with van der Waals surface area (Å²) in [5.74, 6) is 2.10. The standard InChI is InChI=1S/C21H34N4O2/c1-4-22-21(25(2)16-17-10-12-19(27-3)13-11-17)24-15-14-23-20(26)18-8-6-5-7-9-18/h10-13,18H,4-9,14-16H2,1-3H3,(H,22,24)(H,23,26). The zero-order chi connectivity index (χ0) is 19.5. The van der Waals surface area contributed by atoms with Crippen molar-refractivity contribution in [3.05, 3.63) is 29.8 Å². The summed E-state index contributed by atoms with van der Waals surface area (Å²) in [7, 11) is 3.69. The van der Waals surface area contributed by atoms with Crippen molar-refractivity contribution in [2.24, 2.45) is 10.9 Å². The summed E-state index contributed by atoms with van der Waals surface area (Å²) < 4.78 is 5.20. The first-order valence-electron chi connectivity index (χ1n) is 10.0. The van der Waals surface area contributed by atoms with E-state index in [-0.39, 0.29) is 11.8 Å². The molecule has 6 heteroatoms. The summed E-state index contributed by atoms with van der Waals surface area (Å²) in [6.07, 6.45) is 5.68. The monoisotopic (exact) mass is 374 g/mol. The number of nitrogens with one attached hydrogen (secondary N) is 2. The molecule has 27 heavy (non-hydrogen) atoms. The third-order valence-electron chi connectivity index (χ3n) is 4.92. The van der Waals surface area contributed by atoms with Crippen molar-refractivity contribution >= 4 is 11.9 Å². The van der Waals surface area contributed by atoms with Crippen molar-refractivity contribution in [2.75, 3.05) is 33.8 Å². The SMILES string of the molecule is CCNC(=NCCNC(=O)C1CCCCC1)N(C)Cc1ccc(OC)cc1. The van der Waals surface area contributed by atoms with Gasteiger partial charge in [0.25, 0.3) is 0 Å². The van der Waals surface area contributed by atoms with Gasteiger partial charge in [-0.3, -0.25) is 9.79 Å². The van der Waals surface area contributed by atoms with Gasteiger partial charge in [-0.2, -0.15) is 0 Å². The summed E-state index contributed by atoms with van der Waals surface area (Å²) >= 11 is 0. The molecule has 1 aliphatic rings. The highest BCUT2D eigenvalue weighted by Crippen LogP contribution is 2.23. The van der Waals surface area contributed by atoms with E-state index in [1.807, 2.05) is 19.2 Å². The Morgan fingerprint density at radius 1 is 1.19 bits per heavy atom. The second-order valence-corrected chi connectivity index (χ2v) is 7.07. The van der Waals surface area contributed by atoms with Gasteiger partial charge < -0.3 is 20.3 Å². The van der Waals surface area contributed by atoms with Crippen molar-refractivity contribution in [1.82, 2.24) is 15.5 Å². The number of methoxy groups -OCH3 is 1. The summed E-state index contributed by atoms with van der Waals surface area (Å²) in [6.45, 7) is 4.78. The smallest absolute Gasteiger partial charge is 0.223 e. The highest BCUT2D eigenvalue weighted by atomic mass is 16.5. The number of guanidine groups is 1. The molecule has 0 aromatic heterocycles. The zero-order valence-electron chi connectivity index (χ0n) is 17.0. The van der Waals surface area contributed by atoms with Gasteiger partial charge in [0.05, 0.1) is 13.7 Å². The first kappa shape index (κ1) is 21.1. The highest BCUT2D eigenvalue weighted by molar-refractivity contribution is 5.80. The number of amides is 1. The molecule has 1 saturated carbocycles. The predicted octanol–water partition coefficient (Wildman–Crippen LogP) is 2.79. The molecule has 1 aliphatic carbocycles. The van der Waals surface area contributed by atoms with Crippen LogP contribution in [-0.2, 0) is 11.3 Å². The molecule has 0 spiro atoms. The van der Waals surface area contributed by atoms with Crippen LogP contribution in [0.15, 0.2) is 29.3 Å². The number of nitrogens with zero attached hydrogens (tertiary/aromatic N) is 2. The van der Waals surface area contributed by atoms with Gasteiger partial charge >= 0.3 is 0 Å². The van der Waals surface area contributed by atoms with E-state index in [4.69, 9.17) is 4.74 Å².